The standard InChI is InChI=1S/C9H14N4O3/c1-5-7(6(2)16-13-5)4-11-9(14)3-8(10)12-15/h15H,3-4H2,1-2H3,(H2,10,12)(H,11,14). The van der Waals surface area contributed by atoms with Gasteiger partial charge in [0.2, 0.25) is 5.91 Å². The van der Waals surface area contributed by atoms with Crippen LogP contribution in [0.1, 0.15) is 23.4 Å². The number of nitrogens with one attached hydrogen (secondary N) is 1. The Morgan fingerprint density at radius 2 is 2.31 bits per heavy atom. The smallest absolute Gasteiger partial charge is 0.227 e. The fourth-order valence-corrected chi connectivity index (χ4v) is 1.20. The maximum atomic E-state index is 11.3. The predicted octanol–water partition coefficient (Wildman–Crippen LogP) is 0.0441. The number of nitrogens with zero attached hydrogens (tertiary/aromatic N) is 2. The summed E-state index contributed by atoms with van der Waals surface area (Å²) in [7, 11) is 0. The summed E-state index contributed by atoms with van der Waals surface area (Å²) in [5.41, 5.74) is 6.77. The van der Waals surface area contributed by atoms with Crippen LogP contribution in [0, 0.1) is 13.8 Å². The van der Waals surface area contributed by atoms with Gasteiger partial charge in [-0.15, -0.1) is 0 Å². The van der Waals surface area contributed by atoms with Crippen LogP contribution < -0.4 is 11.1 Å². The monoisotopic (exact) mass is 226 g/mol. The molecule has 88 valence electrons. The van der Waals surface area contributed by atoms with Crippen LogP contribution in [0.15, 0.2) is 9.68 Å². The van der Waals surface area contributed by atoms with Gasteiger partial charge in [-0.25, -0.2) is 0 Å². The summed E-state index contributed by atoms with van der Waals surface area (Å²) in [5.74, 6) is 0.216. The number of rotatable bonds is 4. The molecule has 4 N–H and O–H groups in total. The van der Waals surface area contributed by atoms with Crippen molar-refractivity contribution in [3.8, 4) is 0 Å². The van der Waals surface area contributed by atoms with Gasteiger partial charge in [-0.05, 0) is 13.8 Å². The van der Waals surface area contributed by atoms with Crippen LogP contribution in [0.5, 0.6) is 0 Å². The lowest BCUT2D eigenvalue weighted by Gasteiger charge is -2.03. The molecule has 0 radical (unpaired) electrons. The molecule has 1 amide bonds. The lowest BCUT2D eigenvalue weighted by atomic mass is 10.2. The zero-order chi connectivity index (χ0) is 12.1. The Bertz CT molecular complexity index is 391. The molecule has 1 rings (SSSR count). The molecule has 0 aromatic carbocycles. The number of carbonyl (C=O) groups excluding carboxylic acids is 1. The normalized spacial score (nSPS) is 11.5. The summed E-state index contributed by atoms with van der Waals surface area (Å²) in [6.45, 7) is 3.88. The minimum Gasteiger partial charge on any atom is -0.409 e. The molecule has 7 heteroatoms. The second-order valence-electron chi connectivity index (χ2n) is 3.35. The fourth-order valence-electron chi connectivity index (χ4n) is 1.20. The van der Waals surface area contributed by atoms with Crippen molar-refractivity contribution < 1.29 is 14.5 Å². The molecular weight excluding hydrogens is 212 g/mol. The second-order valence-corrected chi connectivity index (χ2v) is 3.35. The largest absolute Gasteiger partial charge is 0.409 e. The molecule has 1 heterocycles. The van der Waals surface area contributed by atoms with Crippen LogP contribution >= 0.6 is 0 Å². The molecular formula is C9H14N4O3. The summed E-state index contributed by atoms with van der Waals surface area (Å²) in [6.07, 6.45) is -0.139. The molecule has 16 heavy (non-hydrogen) atoms. The first-order valence-electron chi connectivity index (χ1n) is 4.69. The Kier molecular flexibility index (Phi) is 3.87. The summed E-state index contributed by atoms with van der Waals surface area (Å²) in [4.78, 5) is 11.3. The lowest BCUT2D eigenvalue weighted by Crippen LogP contribution is -2.28. The number of amidine groups is 1. The van der Waals surface area contributed by atoms with Gasteiger partial charge >= 0.3 is 0 Å². The third-order valence-corrected chi connectivity index (χ3v) is 2.11. The van der Waals surface area contributed by atoms with Gasteiger partial charge in [0.1, 0.15) is 11.6 Å². The van der Waals surface area contributed by atoms with Gasteiger partial charge in [0.25, 0.3) is 0 Å². The third kappa shape index (κ3) is 2.97. The van der Waals surface area contributed by atoms with Crippen molar-refractivity contribution in [2.45, 2.75) is 26.8 Å². The van der Waals surface area contributed by atoms with E-state index in [0.29, 0.717) is 12.3 Å². The molecule has 0 fully saturated rings. The number of hydrogen-bond donors (Lipinski definition) is 3. The van der Waals surface area contributed by atoms with Crippen molar-refractivity contribution in [2.24, 2.45) is 10.9 Å². The highest BCUT2D eigenvalue weighted by atomic mass is 16.5. The molecule has 0 atom stereocenters. The SMILES string of the molecule is Cc1noc(C)c1CNC(=O)CC(N)=NO. The van der Waals surface area contributed by atoms with E-state index in [1.807, 2.05) is 0 Å². The van der Waals surface area contributed by atoms with E-state index in [0.717, 1.165) is 11.3 Å². The Hall–Kier alpha value is -2.05. The van der Waals surface area contributed by atoms with Crippen molar-refractivity contribution in [3.05, 3.63) is 17.0 Å². The molecule has 0 unspecified atom stereocenters. The molecule has 1 aromatic rings. The number of aryl methyl sites for hydroxylation is 2. The molecule has 1 aromatic heterocycles. The molecule has 7 nitrogen and oxygen atoms in total. The zero-order valence-electron chi connectivity index (χ0n) is 9.15. The minimum absolute atomic E-state index is 0.128. The highest BCUT2D eigenvalue weighted by Crippen LogP contribution is 2.11. The van der Waals surface area contributed by atoms with Gasteiger partial charge in [-0.3, -0.25) is 4.79 Å². The number of aromatic nitrogens is 1. The van der Waals surface area contributed by atoms with Crippen LogP contribution in [0.25, 0.3) is 0 Å². The molecule has 0 aliphatic heterocycles. The topological polar surface area (TPSA) is 114 Å². The second kappa shape index (κ2) is 5.15. The maximum absolute atomic E-state index is 11.3. The van der Waals surface area contributed by atoms with Crippen LogP contribution in [0.4, 0.5) is 0 Å². The van der Waals surface area contributed by atoms with Gasteiger partial charge in [0, 0.05) is 12.1 Å². The van der Waals surface area contributed by atoms with Crippen molar-refractivity contribution in [1.29, 1.82) is 0 Å². The first-order valence-corrected chi connectivity index (χ1v) is 4.69. The van der Waals surface area contributed by atoms with Crippen molar-refractivity contribution in [2.75, 3.05) is 0 Å². The van der Waals surface area contributed by atoms with E-state index in [-0.39, 0.29) is 18.2 Å². The summed E-state index contributed by atoms with van der Waals surface area (Å²) in [5, 5.41) is 17.4. The van der Waals surface area contributed by atoms with Crippen LogP contribution in [-0.2, 0) is 11.3 Å². The van der Waals surface area contributed by atoms with Crippen molar-refractivity contribution >= 4 is 11.7 Å². The molecule has 0 bridgehead atoms. The van der Waals surface area contributed by atoms with E-state index >= 15 is 0 Å². The average molecular weight is 226 g/mol. The number of carbonyl (C=O) groups is 1. The van der Waals surface area contributed by atoms with Crippen molar-refractivity contribution in [1.82, 2.24) is 10.5 Å². The summed E-state index contributed by atoms with van der Waals surface area (Å²) < 4.78 is 4.94. The number of amides is 1. The number of hydrogen-bond acceptors (Lipinski definition) is 5. The molecule has 0 aliphatic carbocycles. The van der Waals surface area contributed by atoms with E-state index in [2.05, 4.69) is 15.6 Å². The molecule has 0 spiro atoms. The molecule has 0 saturated heterocycles. The third-order valence-electron chi connectivity index (χ3n) is 2.11. The number of oxime groups is 1. The van der Waals surface area contributed by atoms with E-state index in [4.69, 9.17) is 15.5 Å². The fraction of sp³-hybridized carbons (Fsp3) is 0.444. The Labute approximate surface area is 92.3 Å². The van der Waals surface area contributed by atoms with Gasteiger partial charge in [0.05, 0.1) is 12.1 Å². The average Bonchev–Trinajstić information content (AvgIpc) is 2.56. The van der Waals surface area contributed by atoms with Gasteiger partial charge < -0.3 is 20.8 Å². The predicted molar refractivity (Wildman–Crippen MR) is 55.8 cm³/mol. The van der Waals surface area contributed by atoms with E-state index in [9.17, 15) is 4.79 Å². The van der Waals surface area contributed by atoms with Crippen LogP contribution in [-0.4, -0.2) is 22.1 Å². The summed E-state index contributed by atoms with van der Waals surface area (Å²) >= 11 is 0. The van der Waals surface area contributed by atoms with Crippen LogP contribution in [0.2, 0.25) is 0 Å². The first kappa shape index (κ1) is 12.0. The zero-order valence-corrected chi connectivity index (χ0v) is 9.15. The highest BCUT2D eigenvalue weighted by Gasteiger charge is 2.10. The Balaban J connectivity index is 2.49. The summed E-state index contributed by atoms with van der Waals surface area (Å²) in [6, 6.07) is 0. The minimum atomic E-state index is -0.324. The first-order chi connectivity index (χ1) is 7.54. The van der Waals surface area contributed by atoms with E-state index < -0.39 is 0 Å². The Morgan fingerprint density at radius 3 is 2.81 bits per heavy atom. The van der Waals surface area contributed by atoms with Gasteiger partial charge in [0.15, 0.2) is 0 Å². The van der Waals surface area contributed by atoms with E-state index in [1.165, 1.54) is 0 Å². The van der Waals surface area contributed by atoms with Gasteiger partial charge in [-0.1, -0.05) is 10.3 Å². The van der Waals surface area contributed by atoms with Crippen molar-refractivity contribution in [3.63, 3.8) is 0 Å². The van der Waals surface area contributed by atoms with E-state index in [1.54, 1.807) is 13.8 Å². The lowest BCUT2D eigenvalue weighted by molar-refractivity contribution is -0.120. The van der Waals surface area contributed by atoms with Crippen LogP contribution in [0.3, 0.4) is 0 Å². The Morgan fingerprint density at radius 1 is 1.62 bits per heavy atom. The number of nitrogens with two attached hydrogens (primary N) is 1. The molecule has 0 saturated carbocycles. The van der Waals surface area contributed by atoms with Gasteiger partial charge in [-0.2, -0.15) is 0 Å². The maximum Gasteiger partial charge on any atom is 0.227 e. The highest BCUT2D eigenvalue weighted by molar-refractivity contribution is 5.98. The quantitative estimate of drug-likeness (QED) is 0.290. The molecule has 0 aliphatic rings.